The molecule has 1 aromatic carbocycles. The summed E-state index contributed by atoms with van der Waals surface area (Å²) in [5.41, 5.74) is 3.84. The van der Waals surface area contributed by atoms with Gasteiger partial charge in [-0.25, -0.2) is 0 Å². The lowest BCUT2D eigenvalue weighted by atomic mass is 10.1. The quantitative estimate of drug-likeness (QED) is 0.451. The van der Waals surface area contributed by atoms with Gasteiger partial charge in [0.1, 0.15) is 0 Å². The van der Waals surface area contributed by atoms with Crippen LogP contribution in [0.25, 0.3) is 0 Å². The van der Waals surface area contributed by atoms with Gasteiger partial charge in [-0.1, -0.05) is 31.9 Å². The Morgan fingerprint density at radius 1 is 1.35 bits per heavy atom. The van der Waals surface area contributed by atoms with E-state index >= 15 is 0 Å². The average Bonchev–Trinajstić information content (AvgIpc) is 2.38. The van der Waals surface area contributed by atoms with Crippen molar-refractivity contribution in [1.82, 2.24) is 4.90 Å². The van der Waals surface area contributed by atoms with Crippen molar-refractivity contribution in [2.24, 2.45) is 5.84 Å². The van der Waals surface area contributed by atoms with Crippen LogP contribution in [0.2, 0.25) is 0 Å². The van der Waals surface area contributed by atoms with Crippen LogP contribution in [0.1, 0.15) is 36.5 Å². The number of unbranched alkanes of at least 4 members (excludes halogenated alkanes) is 2. The van der Waals surface area contributed by atoms with Crippen molar-refractivity contribution in [3.05, 3.63) is 29.8 Å². The first-order valence-electron chi connectivity index (χ1n) is 6.01. The summed E-state index contributed by atoms with van der Waals surface area (Å²) < 4.78 is 0. The molecule has 0 bridgehead atoms. The zero-order valence-electron chi connectivity index (χ0n) is 10.6. The van der Waals surface area contributed by atoms with Gasteiger partial charge in [0.15, 0.2) is 0 Å². The van der Waals surface area contributed by atoms with Crippen LogP contribution in [0.15, 0.2) is 24.3 Å². The summed E-state index contributed by atoms with van der Waals surface area (Å²) in [7, 11) is 1.82. The van der Waals surface area contributed by atoms with Gasteiger partial charge in [-0.3, -0.25) is 10.6 Å². The highest BCUT2D eigenvalue weighted by atomic mass is 16.2. The third kappa shape index (κ3) is 3.75. The second-order valence-corrected chi connectivity index (χ2v) is 4.12. The third-order valence-electron chi connectivity index (χ3n) is 2.76. The first-order chi connectivity index (χ1) is 8.20. The molecule has 0 aliphatic heterocycles. The Labute approximate surface area is 103 Å². The number of rotatable bonds is 6. The topological polar surface area (TPSA) is 58.4 Å². The Kier molecular flexibility index (Phi) is 5.49. The standard InChI is InChI=1S/C13H21N3O/c1-3-4-7-10-16(2)13(17)11-8-5-6-9-12(11)15-14/h5-6,8-9,15H,3-4,7,10,14H2,1-2H3. The number of hydrogen-bond donors (Lipinski definition) is 2. The minimum Gasteiger partial charge on any atom is -0.342 e. The lowest BCUT2D eigenvalue weighted by Crippen LogP contribution is -2.28. The first-order valence-corrected chi connectivity index (χ1v) is 6.01. The van der Waals surface area contributed by atoms with Crippen LogP contribution in [-0.2, 0) is 0 Å². The lowest BCUT2D eigenvalue weighted by molar-refractivity contribution is 0.0793. The zero-order valence-corrected chi connectivity index (χ0v) is 10.6. The molecule has 1 amide bonds. The lowest BCUT2D eigenvalue weighted by Gasteiger charge is -2.18. The predicted octanol–water partition coefficient (Wildman–Crippen LogP) is 2.23. The molecule has 0 heterocycles. The molecule has 3 N–H and O–H groups in total. The largest absolute Gasteiger partial charge is 0.342 e. The maximum atomic E-state index is 12.1. The molecule has 94 valence electrons. The van der Waals surface area contributed by atoms with Crippen LogP contribution in [0.3, 0.4) is 0 Å². The molecule has 0 saturated heterocycles. The summed E-state index contributed by atoms with van der Waals surface area (Å²) in [5.74, 6) is 5.40. The van der Waals surface area contributed by atoms with Gasteiger partial charge >= 0.3 is 0 Å². The number of para-hydroxylation sites is 1. The molecule has 1 rings (SSSR count). The highest BCUT2D eigenvalue weighted by Crippen LogP contribution is 2.15. The van der Waals surface area contributed by atoms with Crippen molar-refractivity contribution in [2.45, 2.75) is 26.2 Å². The van der Waals surface area contributed by atoms with Crippen molar-refractivity contribution < 1.29 is 4.79 Å². The number of amides is 1. The predicted molar refractivity (Wildman–Crippen MR) is 70.7 cm³/mol. The minimum absolute atomic E-state index is 0.00894. The highest BCUT2D eigenvalue weighted by Gasteiger charge is 2.14. The van der Waals surface area contributed by atoms with E-state index in [1.54, 1.807) is 17.0 Å². The van der Waals surface area contributed by atoms with E-state index in [2.05, 4.69) is 12.3 Å². The number of hydrazine groups is 1. The number of anilines is 1. The molecule has 4 nitrogen and oxygen atoms in total. The van der Waals surface area contributed by atoms with E-state index in [1.807, 2.05) is 19.2 Å². The Balaban J connectivity index is 2.67. The van der Waals surface area contributed by atoms with Gasteiger partial charge in [0.25, 0.3) is 5.91 Å². The van der Waals surface area contributed by atoms with Gasteiger partial charge in [-0.05, 0) is 18.6 Å². The Morgan fingerprint density at radius 3 is 2.71 bits per heavy atom. The van der Waals surface area contributed by atoms with Crippen LogP contribution >= 0.6 is 0 Å². The maximum Gasteiger partial charge on any atom is 0.255 e. The van der Waals surface area contributed by atoms with Crippen LogP contribution < -0.4 is 11.3 Å². The molecule has 4 heteroatoms. The van der Waals surface area contributed by atoms with E-state index in [1.165, 1.54) is 0 Å². The van der Waals surface area contributed by atoms with Crippen molar-refractivity contribution in [1.29, 1.82) is 0 Å². The van der Waals surface area contributed by atoms with Crippen LogP contribution in [0.4, 0.5) is 5.69 Å². The van der Waals surface area contributed by atoms with Gasteiger partial charge in [-0.15, -0.1) is 0 Å². The molecule has 0 saturated carbocycles. The molecule has 17 heavy (non-hydrogen) atoms. The summed E-state index contributed by atoms with van der Waals surface area (Å²) in [6.07, 6.45) is 3.34. The first kappa shape index (κ1) is 13.5. The van der Waals surface area contributed by atoms with Crippen molar-refractivity contribution in [3.8, 4) is 0 Å². The fourth-order valence-corrected chi connectivity index (χ4v) is 1.70. The Bertz CT molecular complexity index is 365. The monoisotopic (exact) mass is 235 g/mol. The second kappa shape index (κ2) is 6.91. The molecule has 0 spiro atoms. The fourth-order valence-electron chi connectivity index (χ4n) is 1.70. The van der Waals surface area contributed by atoms with Crippen LogP contribution in [-0.4, -0.2) is 24.4 Å². The van der Waals surface area contributed by atoms with Gasteiger partial charge in [0, 0.05) is 13.6 Å². The van der Waals surface area contributed by atoms with E-state index in [0.29, 0.717) is 11.3 Å². The number of nitrogens with two attached hydrogens (primary N) is 1. The van der Waals surface area contributed by atoms with E-state index in [4.69, 9.17) is 5.84 Å². The van der Waals surface area contributed by atoms with Gasteiger partial charge in [0.2, 0.25) is 0 Å². The van der Waals surface area contributed by atoms with Crippen LogP contribution in [0.5, 0.6) is 0 Å². The highest BCUT2D eigenvalue weighted by molar-refractivity contribution is 5.99. The minimum atomic E-state index is 0.00894. The summed E-state index contributed by atoms with van der Waals surface area (Å²) in [4.78, 5) is 13.9. The number of nitrogens with zero attached hydrogens (tertiary/aromatic N) is 1. The molecule has 0 atom stereocenters. The third-order valence-corrected chi connectivity index (χ3v) is 2.76. The molecule has 0 aliphatic rings. The fraction of sp³-hybridized carbons (Fsp3) is 0.462. The molecule has 0 aromatic heterocycles. The van der Waals surface area contributed by atoms with E-state index in [-0.39, 0.29) is 5.91 Å². The van der Waals surface area contributed by atoms with E-state index in [0.717, 1.165) is 25.8 Å². The SMILES string of the molecule is CCCCCN(C)C(=O)c1ccccc1NN. The number of nitrogen functional groups attached to an aromatic ring is 1. The van der Waals surface area contributed by atoms with Gasteiger partial charge < -0.3 is 10.3 Å². The molecule has 0 aliphatic carbocycles. The molecule has 0 fully saturated rings. The average molecular weight is 235 g/mol. The van der Waals surface area contributed by atoms with Crippen molar-refractivity contribution in [3.63, 3.8) is 0 Å². The number of benzene rings is 1. The van der Waals surface area contributed by atoms with E-state index < -0.39 is 0 Å². The zero-order chi connectivity index (χ0) is 12.7. The number of nitrogens with one attached hydrogen (secondary N) is 1. The smallest absolute Gasteiger partial charge is 0.255 e. The molecule has 0 unspecified atom stereocenters. The molecular formula is C13H21N3O. The summed E-state index contributed by atoms with van der Waals surface area (Å²) in [6, 6.07) is 7.28. The summed E-state index contributed by atoms with van der Waals surface area (Å²) >= 11 is 0. The van der Waals surface area contributed by atoms with Gasteiger partial charge in [-0.2, -0.15) is 0 Å². The number of hydrogen-bond acceptors (Lipinski definition) is 3. The van der Waals surface area contributed by atoms with Crippen molar-refractivity contribution >= 4 is 11.6 Å². The molecule has 0 radical (unpaired) electrons. The summed E-state index contributed by atoms with van der Waals surface area (Å²) in [5, 5.41) is 0. The number of carbonyl (C=O) groups is 1. The van der Waals surface area contributed by atoms with Gasteiger partial charge in [0.05, 0.1) is 11.3 Å². The Morgan fingerprint density at radius 2 is 2.06 bits per heavy atom. The Hall–Kier alpha value is -1.55. The normalized spacial score (nSPS) is 10.1. The molecular weight excluding hydrogens is 214 g/mol. The molecule has 1 aromatic rings. The summed E-state index contributed by atoms with van der Waals surface area (Å²) in [6.45, 7) is 2.93. The van der Waals surface area contributed by atoms with Crippen molar-refractivity contribution in [2.75, 3.05) is 19.0 Å². The van der Waals surface area contributed by atoms with E-state index in [9.17, 15) is 4.79 Å². The maximum absolute atomic E-state index is 12.1. The van der Waals surface area contributed by atoms with Crippen LogP contribution in [0, 0.1) is 0 Å². The second-order valence-electron chi connectivity index (χ2n) is 4.12. The number of carbonyl (C=O) groups excluding carboxylic acids is 1.